The normalized spacial score (nSPS) is 10.3. The minimum Gasteiger partial charge on any atom is -0.475 e. The van der Waals surface area contributed by atoms with Gasteiger partial charge < -0.3 is 10.2 Å². The van der Waals surface area contributed by atoms with Crippen molar-refractivity contribution in [2.75, 3.05) is 0 Å². The number of aryl methyl sites for hydroxylation is 2. The molecule has 0 aliphatic rings. The Bertz CT molecular complexity index is 681. The predicted molar refractivity (Wildman–Crippen MR) is 68.7 cm³/mol. The third-order valence-corrected chi connectivity index (χ3v) is 2.65. The van der Waals surface area contributed by atoms with Gasteiger partial charge in [-0.3, -0.25) is 0 Å². The molecule has 0 atom stereocenters. The van der Waals surface area contributed by atoms with E-state index in [1.165, 1.54) is 0 Å². The fourth-order valence-electron chi connectivity index (χ4n) is 1.66. The van der Waals surface area contributed by atoms with E-state index in [0.717, 1.165) is 11.1 Å². The third kappa shape index (κ3) is 2.61. The molecule has 0 spiro atoms. The van der Waals surface area contributed by atoms with Crippen molar-refractivity contribution in [3.8, 4) is 11.4 Å². The molecule has 20 heavy (non-hydrogen) atoms. The largest absolute Gasteiger partial charge is 0.475 e. The summed E-state index contributed by atoms with van der Waals surface area (Å²) in [5, 5.41) is 17.9. The van der Waals surface area contributed by atoms with Gasteiger partial charge in [-0.1, -0.05) is 17.7 Å². The van der Waals surface area contributed by atoms with Gasteiger partial charge in [0.15, 0.2) is 5.82 Å². The van der Waals surface area contributed by atoms with Gasteiger partial charge in [-0.2, -0.15) is 4.98 Å². The highest BCUT2D eigenvalue weighted by Gasteiger charge is 2.18. The monoisotopic (exact) mass is 273 g/mol. The van der Waals surface area contributed by atoms with Crippen molar-refractivity contribution in [1.82, 2.24) is 15.0 Å². The van der Waals surface area contributed by atoms with E-state index >= 15 is 0 Å². The van der Waals surface area contributed by atoms with Gasteiger partial charge in [0.2, 0.25) is 11.6 Å². The molecule has 2 aromatic rings. The number of rotatable bonds is 3. The van der Waals surface area contributed by atoms with E-state index in [2.05, 4.69) is 15.0 Å². The molecule has 7 nitrogen and oxygen atoms in total. The summed E-state index contributed by atoms with van der Waals surface area (Å²) in [4.78, 5) is 32.9. The van der Waals surface area contributed by atoms with Crippen LogP contribution in [0, 0.1) is 13.8 Å². The molecule has 0 fully saturated rings. The van der Waals surface area contributed by atoms with Crippen LogP contribution in [0.3, 0.4) is 0 Å². The molecule has 2 N–H and O–H groups in total. The summed E-state index contributed by atoms with van der Waals surface area (Å²) in [5.74, 6) is -3.94. The molecule has 2 rings (SSSR count). The molecule has 102 valence electrons. The van der Waals surface area contributed by atoms with Gasteiger partial charge in [0.25, 0.3) is 0 Å². The average molecular weight is 273 g/mol. The summed E-state index contributed by atoms with van der Waals surface area (Å²) in [6.45, 7) is 3.67. The lowest BCUT2D eigenvalue weighted by Crippen LogP contribution is -2.14. The molecule has 0 aliphatic carbocycles. The Hall–Kier alpha value is -2.83. The van der Waals surface area contributed by atoms with E-state index in [0.29, 0.717) is 5.56 Å². The molecule has 0 radical (unpaired) electrons. The zero-order valence-electron chi connectivity index (χ0n) is 10.8. The molecule has 0 bridgehead atoms. The molecule has 0 unspecified atom stereocenters. The molecule has 0 aliphatic heterocycles. The number of benzene rings is 1. The second-order valence-corrected chi connectivity index (χ2v) is 4.23. The number of carboxylic acid groups (broad SMARTS) is 2. The lowest BCUT2D eigenvalue weighted by molar-refractivity contribution is 0.0675. The van der Waals surface area contributed by atoms with Crippen LogP contribution in [0.15, 0.2) is 18.2 Å². The van der Waals surface area contributed by atoms with Crippen LogP contribution >= 0.6 is 0 Å². The molecule has 1 aromatic carbocycles. The molecule has 0 saturated carbocycles. The van der Waals surface area contributed by atoms with Crippen LogP contribution < -0.4 is 0 Å². The van der Waals surface area contributed by atoms with E-state index in [9.17, 15) is 9.59 Å². The first-order valence-corrected chi connectivity index (χ1v) is 5.69. The smallest absolute Gasteiger partial charge is 0.374 e. The minimum absolute atomic E-state index is 0.0380. The maximum absolute atomic E-state index is 11.0. The first-order valence-electron chi connectivity index (χ1n) is 5.69. The average Bonchev–Trinajstić information content (AvgIpc) is 2.40. The summed E-state index contributed by atoms with van der Waals surface area (Å²) in [6.07, 6.45) is 0. The standard InChI is InChI=1S/C13H11N3O4/c1-6-3-4-7(2)8(5-6)9-14-10(12(17)18)16-11(15-9)13(19)20/h3-5H,1-2H3,(H,17,18)(H,19,20). The zero-order chi connectivity index (χ0) is 14.9. The van der Waals surface area contributed by atoms with Crippen LogP contribution in [0.5, 0.6) is 0 Å². The lowest BCUT2D eigenvalue weighted by Gasteiger charge is -2.07. The predicted octanol–water partition coefficient (Wildman–Crippen LogP) is 1.55. The fourth-order valence-corrected chi connectivity index (χ4v) is 1.66. The topological polar surface area (TPSA) is 113 Å². The van der Waals surface area contributed by atoms with Crippen molar-refractivity contribution >= 4 is 11.9 Å². The molecule has 1 aromatic heterocycles. The highest BCUT2D eigenvalue weighted by molar-refractivity contribution is 5.88. The SMILES string of the molecule is Cc1ccc(C)c(-c2nc(C(=O)O)nc(C(=O)O)n2)c1. The maximum atomic E-state index is 11.0. The van der Waals surface area contributed by atoms with Crippen molar-refractivity contribution in [3.63, 3.8) is 0 Å². The summed E-state index contributed by atoms with van der Waals surface area (Å²) in [5.41, 5.74) is 2.33. The van der Waals surface area contributed by atoms with E-state index in [1.807, 2.05) is 19.1 Å². The first-order chi connectivity index (χ1) is 9.38. The Morgan fingerprint density at radius 3 is 2.00 bits per heavy atom. The van der Waals surface area contributed by atoms with Crippen LogP contribution in [-0.4, -0.2) is 37.1 Å². The number of hydrogen-bond donors (Lipinski definition) is 2. The first kappa shape index (κ1) is 13.6. The van der Waals surface area contributed by atoms with Crippen LogP contribution in [-0.2, 0) is 0 Å². The minimum atomic E-state index is -1.40. The van der Waals surface area contributed by atoms with Gasteiger partial charge in [0, 0.05) is 5.56 Å². The number of carbonyl (C=O) groups is 2. The van der Waals surface area contributed by atoms with Crippen molar-refractivity contribution in [2.24, 2.45) is 0 Å². The highest BCUT2D eigenvalue weighted by Crippen LogP contribution is 2.21. The van der Waals surface area contributed by atoms with Gasteiger partial charge in [-0.25, -0.2) is 19.6 Å². The van der Waals surface area contributed by atoms with Crippen molar-refractivity contribution in [3.05, 3.63) is 41.0 Å². The Balaban J connectivity index is 2.69. The molecule has 7 heteroatoms. The number of nitrogens with zero attached hydrogens (tertiary/aromatic N) is 3. The van der Waals surface area contributed by atoms with Gasteiger partial charge in [-0.05, 0) is 25.5 Å². The number of aromatic nitrogens is 3. The summed E-state index contributed by atoms with van der Waals surface area (Å²) in [7, 11) is 0. The second kappa shape index (κ2) is 5.04. The Morgan fingerprint density at radius 2 is 1.50 bits per heavy atom. The van der Waals surface area contributed by atoms with E-state index < -0.39 is 23.6 Å². The van der Waals surface area contributed by atoms with Gasteiger partial charge in [-0.15, -0.1) is 0 Å². The van der Waals surface area contributed by atoms with Gasteiger partial charge in [0.1, 0.15) is 0 Å². The Labute approximate surface area is 114 Å². The Kier molecular flexibility index (Phi) is 3.43. The van der Waals surface area contributed by atoms with Crippen LogP contribution in [0.1, 0.15) is 32.4 Å². The van der Waals surface area contributed by atoms with E-state index in [-0.39, 0.29) is 5.82 Å². The van der Waals surface area contributed by atoms with E-state index in [1.54, 1.807) is 13.0 Å². The number of aromatic carboxylic acids is 2. The summed E-state index contributed by atoms with van der Waals surface area (Å²) >= 11 is 0. The van der Waals surface area contributed by atoms with Crippen molar-refractivity contribution in [1.29, 1.82) is 0 Å². The van der Waals surface area contributed by atoms with Crippen LogP contribution in [0.25, 0.3) is 11.4 Å². The Morgan fingerprint density at radius 1 is 0.950 bits per heavy atom. The number of carboxylic acids is 2. The molecular weight excluding hydrogens is 262 g/mol. The fraction of sp³-hybridized carbons (Fsp3) is 0.154. The zero-order valence-corrected chi connectivity index (χ0v) is 10.8. The summed E-state index contributed by atoms with van der Waals surface area (Å²) in [6, 6.07) is 5.48. The van der Waals surface area contributed by atoms with Gasteiger partial charge >= 0.3 is 11.9 Å². The molecule has 0 amide bonds. The van der Waals surface area contributed by atoms with Gasteiger partial charge in [0.05, 0.1) is 0 Å². The maximum Gasteiger partial charge on any atom is 0.374 e. The van der Waals surface area contributed by atoms with Crippen LogP contribution in [0.2, 0.25) is 0 Å². The molecule has 1 heterocycles. The number of hydrogen-bond acceptors (Lipinski definition) is 5. The lowest BCUT2D eigenvalue weighted by atomic mass is 10.1. The summed E-state index contributed by atoms with van der Waals surface area (Å²) < 4.78 is 0. The third-order valence-electron chi connectivity index (χ3n) is 2.65. The molecular formula is C13H11N3O4. The highest BCUT2D eigenvalue weighted by atomic mass is 16.4. The van der Waals surface area contributed by atoms with Crippen molar-refractivity contribution < 1.29 is 19.8 Å². The quantitative estimate of drug-likeness (QED) is 0.872. The van der Waals surface area contributed by atoms with Crippen LogP contribution in [0.4, 0.5) is 0 Å². The molecule has 0 saturated heterocycles. The van der Waals surface area contributed by atoms with Crippen molar-refractivity contribution in [2.45, 2.75) is 13.8 Å². The second-order valence-electron chi connectivity index (χ2n) is 4.23. The van der Waals surface area contributed by atoms with E-state index in [4.69, 9.17) is 10.2 Å².